The van der Waals surface area contributed by atoms with Crippen molar-refractivity contribution >= 4 is 5.95 Å². The first kappa shape index (κ1) is 15.9. The van der Waals surface area contributed by atoms with Crippen LogP contribution in [0.2, 0.25) is 0 Å². The molecule has 5 heteroatoms. The maximum Gasteiger partial charge on any atom is 0.224 e. The summed E-state index contributed by atoms with van der Waals surface area (Å²) < 4.78 is 0. The third-order valence-corrected chi connectivity index (χ3v) is 2.74. The lowest BCUT2D eigenvalue weighted by molar-refractivity contribution is 0.186. The van der Waals surface area contributed by atoms with E-state index in [1.54, 1.807) is 6.92 Å². The second-order valence-electron chi connectivity index (χ2n) is 6.05. The predicted molar refractivity (Wildman–Crippen MR) is 78.2 cm³/mol. The molecule has 1 heterocycles. The number of rotatable bonds is 6. The highest BCUT2D eigenvalue weighted by Crippen LogP contribution is 2.08. The summed E-state index contributed by atoms with van der Waals surface area (Å²) in [7, 11) is 1.94. The maximum atomic E-state index is 9.26. The molecule has 5 nitrogen and oxygen atoms in total. The normalized spacial score (nSPS) is 13.4. The summed E-state index contributed by atoms with van der Waals surface area (Å²) in [6.45, 7) is 9.69. The minimum absolute atomic E-state index is 0.0900. The van der Waals surface area contributed by atoms with E-state index in [9.17, 15) is 5.11 Å². The second-order valence-corrected chi connectivity index (χ2v) is 6.05. The van der Waals surface area contributed by atoms with E-state index in [0.717, 1.165) is 18.7 Å². The standard InChI is InChI=1S/C14H26N4O/c1-11(19)6-7-18(5)13-15-8-12(9-16-13)10-17-14(2,3)4/h8-9,11,17,19H,6-7,10H2,1-5H3. The van der Waals surface area contributed by atoms with E-state index < -0.39 is 0 Å². The molecule has 0 saturated heterocycles. The molecule has 1 unspecified atom stereocenters. The molecule has 1 atom stereocenters. The van der Waals surface area contributed by atoms with E-state index in [2.05, 4.69) is 36.1 Å². The van der Waals surface area contributed by atoms with E-state index in [0.29, 0.717) is 12.4 Å². The summed E-state index contributed by atoms with van der Waals surface area (Å²) in [6, 6.07) is 0. The van der Waals surface area contributed by atoms with Crippen molar-refractivity contribution in [2.24, 2.45) is 0 Å². The summed E-state index contributed by atoms with van der Waals surface area (Å²) in [4.78, 5) is 10.7. The van der Waals surface area contributed by atoms with E-state index in [1.165, 1.54) is 0 Å². The van der Waals surface area contributed by atoms with Crippen LogP contribution in [0.5, 0.6) is 0 Å². The fraction of sp³-hybridized carbons (Fsp3) is 0.714. The van der Waals surface area contributed by atoms with Gasteiger partial charge in [-0.2, -0.15) is 0 Å². The monoisotopic (exact) mass is 266 g/mol. The number of aliphatic hydroxyl groups excluding tert-OH is 1. The highest BCUT2D eigenvalue weighted by Gasteiger charge is 2.09. The molecule has 108 valence electrons. The van der Waals surface area contributed by atoms with Crippen molar-refractivity contribution in [3.8, 4) is 0 Å². The van der Waals surface area contributed by atoms with Crippen molar-refractivity contribution in [3.63, 3.8) is 0 Å². The van der Waals surface area contributed by atoms with Crippen LogP contribution < -0.4 is 10.2 Å². The van der Waals surface area contributed by atoms with E-state index in [1.807, 2.05) is 24.3 Å². The zero-order valence-corrected chi connectivity index (χ0v) is 12.6. The predicted octanol–water partition coefficient (Wildman–Crippen LogP) is 1.57. The fourth-order valence-electron chi connectivity index (χ4n) is 1.48. The van der Waals surface area contributed by atoms with Crippen molar-refractivity contribution < 1.29 is 5.11 Å². The molecular weight excluding hydrogens is 240 g/mol. The Morgan fingerprint density at radius 3 is 2.37 bits per heavy atom. The molecule has 19 heavy (non-hydrogen) atoms. The summed E-state index contributed by atoms with van der Waals surface area (Å²) >= 11 is 0. The number of aromatic nitrogens is 2. The Balaban J connectivity index is 2.51. The topological polar surface area (TPSA) is 61.3 Å². The van der Waals surface area contributed by atoms with E-state index in [-0.39, 0.29) is 11.6 Å². The van der Waals surface area contributed by atoms with Gasteiger partial charge in [-0.05, 0) is 34.1 Å². The van der Waals surface area contributed by atoms with Crippen LogP contribution in [0.25, 0.3) is 0 Å². The summed E-state index contributed by atoms with van der Waals surface area (Å²) in [5, 5.41) is 12.7. The van der Waals surface area contributed by atoms with Crippen LogP contribution in [0, 0.1) is 0 Å². The number of anilines is 1. The van der Waals surface area contributed by atoms with Crippen LogP contribution >= 0.6 is 0 Å². The van der Waals surface area contributed by atoms with Gasteiger partial charge in [0.25, 0.3) is 0 Å². The number of hydrogen-bond donors (Lipinski definition) is 2. The number of hydrogen-bond acceptors (Lipinski definition) is 5. The first-order chi connectivity index (χ1) is 8.78. The van der Waals surface area contributed by atoms with Gasteiger partial charge in [0.15, 0.2) is 0 Å². The van der Waals surface area contributed by atoms with E-state index >= 15 is 0 Å². The fourth-order valence-corrected chi connectivity index (χ4v) is 1.48. The van der Waals surface area contributed by atoms with Crippen molar-refractivity contribution in [1.82, 2.24) is 15.3 Å². The van der Waals surface area contributed by atoms with Crippen molar-refractivity contribution in [1.29, 1.82) is 0 Å². The largest absolute Gasteiger partial charge is 0.393 e. The van der Waals surface area contributed by atoms with Crippen molar-refractivity contribution in [3.05, 3.63) is 18.0 Å². The maximum absolute atomic E-state index is 9.26. The molecular formula is C14H26N4O. The first-order valence-electron chi connectivity index (χ1n) is 6.73. The molecule has 1 rings (SSSR count). The lowest BCUT2D eigenvalue weighted by Gasteiger charge is -2.21. The van der Waals surface area contributed by atoms with Crippen LogP contribution in [0.3, 0.4) is 0 Å². The Morgan fingerprint density at radius 2 is 1.89 bits per heavy atom. The molecule has 0 aliphatic rings. The number of nitrogens with zero attached hydrogens (tertiary/aromatic N) is 3. The molecule has 0 saturated carbocycles. The minimum Gasteiger partial charge on any atom is -0.393 e. The Morgan fingerprint density at radius 1 is 1.32 bits per heavy atom. The number of aliphatic hydroxyl groups is 1. The average Bonchev–Trinajstić information content (AvgIpc) is 2.33. The summed E-state index contributed by atoms with van der Waals surface area (Å²) in [6.07, 6.45) is 4.12. The molecule has 0 bridgehead atoms. The molecule has 0 radical (unpaired) electrons. The van der Waals surface area contributed by atoms with Gasteiger partial charge < -0.3 is 15.3 Å². The van der Waals surface area contributed by atoms with Crippen LogP contribution in [0.4, 0.5) is 5.95 Å². The van der Waals surface area contributed by atoms with Gasteiger partial charge in [0.1, 0.15) is 0 Å². The molecule has 0 spiro atoms. The Hall–Kier alpha value is -1.20. The van der Waals surface area contributed by atoms with Gasteiger partial charge in [-0.1, -0.05) is 0 Å². The van der Waals surface area contributed by atoms with Gasteiger partial charge in [-0.15, -0.1) is 0 Å². The molecule has 0 aliphatic heterocycles. The first-order valence-corrected chi connectivity index (χ1v) is 6.73. The smallest absolute Gasteiger partial charge is 0.224 e. The zero-order chi connectivity index (χ0) is 14.5. The lowest BCUT2D eigenvalue weighted by Crippen LogP contribution is -2.35. The summed E-state index contributed by atoms with van der Waals surface area (Å²) in [5.74, 6) is 0.695. The van der Waals surface area contributed by atoms with Crippen LogP contribution in [0.1, 0.15) is 39.7 Å². The average molecular weight is 266 g/mol. The third-order valence-electron chi connectivity index (χ3n) is 2.74. The van der Waals surface area contributed by atoms with Crippen LogP contribution in [-0.4, -0.2) is 40.3 Å². The summed E-state index contributed by atoms with van der Waals surface area (Å²) in [5.41, 5.74) is 1.16. The van der Waals surface area contributed by atoms with Gasteiger partial charge in [0.2, 0.25) is 5.95 Å². The molecule has 0 aliphatic carbocycles. The van der Waals surface area contributed by atoms with Gasteiger partial charge in [-0.3, -0.25) is 0 Å². The SMILES string of the molecule is CC(O)CCN(C)c1ncc(CNC(C)(C)C)cn1. The minimum atomic E-state index is -0.294. The zero-order valence-electron chi connectivity index (χ0n) is 12.6. The quantitative estimate of drug-likeness (QED) is 0.818. The number of nitrogens with one attached hydrogen (secondary N) is 1. The molecule has 0 aromatic carbocycles. The highest BCUT2D eigenvalue weighted by atomic mass is 16.3. The molecule has 1 aromatic rings. The van der Waals surface area contributed by atoms with Gasteiger partial charge in [0, 0.05) is 43.6 Å². The molecule has 0 fully saturated rings. The van der Waals surface area contributed by atoms with Crippen molar-refractivity contribution in [2.75, 3.05) is 18.5 Å². The Kier molecular flexibility index (Phi) is 5.69. The Bertz CT molecular complexity index is 370. The Labute approximate surface area is 116 Å². The van der Waals surface area contributed by atoms with Gasteiger partial charge in [-0.25, -0.2) is 9.97 Å². The van der Waals surface area contributed by atoms with Crippen LogP contribution in [-0.2, 0) is 6.54 Å². The third kappa shape index (κ3) is 6.50. The molecule has 1 aromatic heterocycles. The lowest BCUT2D eigenvalue weighted by atomic mass is 10.1. The van der Waals surface area contributed by atoms with Crippen LogP contribution in [0.15, 0.2) is 12.4 Å². The highest BCUT2D eigenvalue weighted by molar-refractivity contribution is 5.28. The second kappa shape index (κ2) is 6.82. The van der Waals surface area contributed by atoms with Gasteiger partial charge >= 0.3 is 0 Å². The van der Waals surface area contributed by atoms with Crippen molar-refractivity contribution in [2.45, 2.75) is 52.3 Å². The molecule has 0 amide bonds. The van der Waals surface area contributed by atoms with Gasteiger partial charge in [0.05, 0.1) is 6.10 Å². The van der Waals surface area contributed by atoms with E-state index in [4.69, 9.17) is 0 Å². The molecule has 2 N–H and O–H groups in total.